The zero-order chi connectivity index (χ0) is 20.6. The molecule has 0 saturated heterocycles. The van der Waals surface area contributed by atoms with Gasteiger partial charge in [-0.05, 0) is 24.3 Å². The molecule has 0 N–H and O–H groups in total. The largest absolute Gasteiger partial charge is 0.287 e. The summed E-state index contributed by atoms with van der Waals surface area (Å²) in [6, 6.07) is 38.0. The van der Waals surface area contributed by atoms with Crippen LogP contribution in [0.25, 0.3) is 0 Å². The molecule has 144 valence electrons. The molecule has 3 nitrogen and oxygen atoms in total. The van der Waals surface area contributed by atoms with Gasteiger partial charge >= 0.3 is 0 Å². The van der Waals surface area contributed by atoms with Crippen LogP contribution in [0.3, 0.4) is 0 Å². The van der Waals surface area contributed by atoms with Gasteiger partial charge in [0, 0.05) is 11.1 Å². The van der Waals surface area contributed by atoms with Gasteiger partial charge in [0.25, 0.3) is 0 Å². The number of ketones is 1. The van der Waals surface area contributed by atoms with Crippen LogP contribution in [-0.2, 0) is 0 Å². The third-order valence-corrected chi connectivity index (χ3v) is 4.52. The monoisotopic (exact) mass is 388 g/mol. The quantitative estimate of drug-likeness (QED) is 0.276. The van der Waals surface area contributed by atoms with Crippen molar-refractivity contribution in [3.8, 4) is 0 Å². The Labute approximate surface area is 176 Å². The van der Waals surface area contributed by atoms with E-state index in [4.69, 9.17) is 9.98 Å². The first-order valence-electron chi connectivity index (χ1n) is 9.74. The van der Waals surface area contributed by atoms with E-state index in [-0.39, 0.29) is 5.78 Å². The number of nitrogens with zero attached hydrogens (tertiary/aromatic N) is 2. The van der Waals surface area contributed by atoms with Crippen molar-refractivity contribution in [2.24, 2.45) is 9.98 Å². The van der Waals surface area contributed by atoms with Crippen LogP contribution in [0.5, 0.6) is 0 Å². The number of rotatable bonds is 6. The third kappa shape index (κ3) is 4.65. The van der Waals surface area contributed by atoms with Crippen molar-refractivity contribution < 1.29 is 4.79 Å². The molecule has 0 amide bonds. The highest BCUT2D eigenvalue weighted by Gasteiger charge is 2.22. The Morgan fingerprint density at radius 2 is 0.867 bits per heavy atom. The first-order valence-corrected chi connectivity index (χ1v) is 9.74. The molecule has 0 aromatic heterocycles. The van der Waals surface area contributed by atoms with E-state index >= 15 is 0 Å². The van der Waals surface area contributed by atoms with E-state index in [1.54, 1.807) is 12.1 Å². The van der Waals surface area contributed by atoms with E-state index < -0.39 is 0 Å². The molecule has 0 bridgehead atoms. The number of carbonyl (C=O) groups is 1. The standard InChI is InChI=1S/C27H20N2O/c30-27(22-15-7-2-8-16-22)26(29-24-19-11-4-12-20-24)25(21-13-5-1-6-14-21)28-23-17-9-3-10-18-23/h1-20H. The van der Waals surface area contributed by atoms with Gasteiger partial charge in [0.05, 0.1) is 11.4 Å². The molecule has 0 spiro atoms. The van der Waals surface area contributed by atoms with E-state index in [1.165, 1.54) is 0 Å². The minimum atomic E-state index is -0.169. The lowest BCUT2D eigenvalue weighted by molar-refractivity contribution is 0.106. The van der Waals surface area contributed by atoms with Crippen molar-refractivity contribution in [3.63, 3.8) is 0 Å². The van der Waals surface area contributed by atoms with Crippen LogP contribution in [0.4, 0.5) is 11.4 Å². The molecule has 0 aliphatic rings. The number of hydrogen-bond donors (Lipinski definition) is 0. The SMILES string of the molecule is O=C(C(=Nc1ccccc1)C(=Nc1ccccc1)c1ccccc1)c1ccccc1. The van der Waals surface area contributed by atoms with Crippen molar-refractivity contribution in [2.75, 3.05) is 0 Å². The summed E-state index contributed by atoms with van der Waals surface area (Å²) < 4.78 is 0. The van der Waals surface area contributed by atoms with Crippen LogP contribution in [0.15, 0.2) is 131 Å². The van der Waals surface area contributed by atoms with Crippen molar-refractivity contribution >= 4 is 28.6 Å². The first-order chi connectivity index (χ1) is 14.8. The Kier molecular flexibility index (Phi) is 6.02. The molecule has 4 rings (SSSR count). The van der Waals surface area contributed by atoms with E-state index in [9.17, 15) is 4.79 Å². The summed E-state index contributed by atoms with van der Waals surface area (Å²) in [5.74, 6) is -0.169. The van der Waals surface area contributed by atoms with E-state index in [0.29, 0.717) is 22.7 Å². The number of hydrogen-bond acceptors (Lipinski definition) is 3. The number of benzene rings is 4. The highest BCUT2D eigenvalue weighted by atomic mass is 16.1. The molecule has 3 heteroatoms. The van der Waals surface area contributed by atoms with Crippen LogP contribution < -0.4 is 0 Å². The van der Waals surface area contributed by atoms with Gasteiger partial charge in [-0.3, -0.25) is 4.79 Å². The van der Waals surface area contributed by atoms with Gasteiger partial charge in [-0.25, -0.2) is 9.98 Å². The summed E-state index contributed by atoms with van der Waals surface area (Å²) in [6.45, 7) is 0. The fraction of sp³-hybridized carbons (Fsp3) is 0. The lowest BCUT2D eigenvalue weighted by atomic mass is 9.98. The molecule has 0 radical (unpaired) electrons. The number of carbonyl (C=O) groups excluding carboxylic acids is 1. The van der Waals surface area contributed by atoms with Crippen molar-refractivity contribution in [1.29, 1.82) is 0 Å². The van der Waals surface area contributed by atoms with Gasteiger partial charge in [-0.15, -0.1) is 0 Å². The molecule has 0 fully saturated rings. The maximum Gasteiger partial charge on any atom is 0.213 e. The molecule has 0 unspecified atom stereocenters. The smallest absolute Gasteiger partial charge is 0.213 e. The van der Waals surface area contributed by atoms with Gasteiger partial charge in [0.1, 0.15) is 11.4 Å². The van der Waals surface area contributed by atoms with Crippen molar-refractivity contribution in [2.45, 2.75) is 0 Å². The second kappa shape index (κ2) is 9.39. The maximum atomic E-state index is 13.5. The van der Waals surface area contributed by atoms with Gasteiger partial charge < -0.3 is 0 Å². The Hall–Kier alpha value is -4.11. The highest BCUT2D eigenvalue weighted by molar-refractivity contribution is 6.73. The Balaban J connectivity index is 1.92. The number of para-hydroxylation sites is 2. The molecule has 0 atom stereocenters. The molecule has 0 saturated carbocycles. The van der Waals surface area contributed by atoms with Gasteiger partial charge in [-0.1, -0.05) is 97.1 Å². The van der Waals surface area contributed by atoms with Gasteiger partial charge in [0.2, 0.25) is 5.78 Å². The van der Waals surface area contributed by atoms with E-state index in [1.807, 2.05) is 109 Å². The summed E-state index contributed by atoms with van der Waals surface area (Å²) in [5.41, 5.74) is 3.72. The molecule has 0 heterocycles. The lowest BCUT2D eigenvalue weighted by Gasteiger charge is -2.11. The van der Waals surface area contributed by atoms with Crippen LogP contribution in [-0.4, -0.2) is 17.2 Å². The van der Waals surface area contributed by atoms with Crippen LogP contribution in [0, 0.1) is 0 Å². The summed E-state index contributed by atoms with van der Waals surface area (Å²) in [5, 5.41) is 0. The fourth-order valence-corrected chi connectivity index (χ4v) is 3.05. The second-order valence-electron chi connectivity index (χ2n) is 6.65. The number of aliphatic imine (C=N–C) groups is 2. The molecular formula is C27H20N2O. The van der Waals surface area contributed by atoms with E-state index in [0.717, 1.165) is 11.3 Å². The normalized spacial score (nSPS) is 11.9. The predicted molar refractivity (Wildman–Crippen MR) is 123 cm³/mol. The molecule has 0 aliphatic carbocycles. The molecule has 4 aromatic carbocycles. The average Bonchev–Trinajstić information content (AvgIpc) is 2.83. The molecule has 4 aromatic rings. The van der Waals surface area contributed by atoms with E-state index in [2.05, 4.69) is 0 Å². The highest BCUT2D eigenvalue weighted by Crippen LogP contribution is 2.19. The van der Waals surface area contributed by atoms with Crippen molar-refractivity contribution in [3.05, 3.63) is 132 Å². The van der Waals surface area contributed by atoms with Crippen LogP contribution >= 0.6 is 0 Å². The Morgan fingerprint density at radius 1 is 0.467 bits per heavy atom. The summed E-state index contributed by atoms with van der Waals surface area (Å²) >= 11 is 0. The van der Waals surface area contributed by atoms with Crippen molar-refractivity contribution in [1.82, 2.24) is 0 Å². The minimum Gasteiger partial charge on any atom is -0.287 e. The average molecular weight is 388 g/mol. The maximum absolute atomic E-state index is 13.5. The van der Waals surface area contributed by atoms with Gasteiger partial charge in [-0.2, -0.15) is 0 Å². The summed E-state index contributed by atoms with van der Waals surface area (Å²) in [7, 11) is 0. The Morgan fingerprint density at radius 3 is 1.37 bits per heavy atom. The first kappa shape index (κ1) is 19.2. The summed E-state index contributed by atoms with van der Waals surface area (Å²) in [4.78, 5) is 23.1. The zero-order valence-electron chi connectivity index (χ0n) is 16.3. The van der Waals surface area contributed by atoms with Crippen LogP contribution in [0.2, 0.25) is 0 Å². The molecular weight excluding hydrogens is 368 g/mol. The van der Waals surface area contributed by atoms with Crippen LogP contribution in [0.1, 0.15) is 15.9 Å². The molecule has 0 aliphatic heterocycles. The Bertz CT molecular complexity index is 1170. The molecule has 30 heavy (non-hydrogen) atoms. The third-order valence-electron chi connectivity index (χ3n) is 4.52. The summed E-state index contributed by atoms with van der Waals surface area (Å²) in [6.07, 6.45) is 0. The topological polar surface area (TPSA) is 41.8 Å². The zero-order valence-corrected chi connectivity index (χ0v) is 16.3. The minimum absolute atomic E-state index is 0.169. The number of Topliss-reactive ketones (excluding diaryl/α,β-unsaturated/α-hetero) is 1. The second-order valence-corrected chi connectivity index (χ2v) is 6.65. The predicted octanol–water partition coefficient (Wildman–Crippen LogP) is 6.46. The fourth-order valence-electron chi connectivity index (χ4n) is 3.05. The lowest BCUT2D eigenvalue weighted by Crippen LogP contribution is -2.25. The van der Waals surface area contributed by atoms with Gasteiger partial charge in [0.15, 0.2) is 0 Å².